The third-order valence-electron chi connectivity index (χ3n) is 4.51. The predicted molar refractivity (Wildman–Crippen MR) is 120 cm³/mol. The first-order valence-corrected chi connectivity index (χ1v) is 10.4. The molecule has 1 heterocycles. The molecule has 2 rings (SSSR count). The fourth-order valence-corrected chi connectivity index (χ4v) is 2.95. The Labute approximate surface area is 179 Å². The number of hydrogen-bond donors (Lipinski definition) is 1. The normalized spacial score (nSPS) is 12.9. The molecule has 1 atom stereocenters. The molecule has 0 aliphatic heterocycles. The van der Waals surface area contributed by atoms with E-state index in [9.17, 15) is 0 Å². The third kappa shape index (κ3) is 7.59. The summed E-state index contributed by atoms with van der Waals surface area (Å²) in [6.45, 7) is 7.29. The lowest BCUT2D eigenvalue weighted by atomic mass is 10.1. The Kier molecular flexibility index (Phi) is 10.0. The molecule has 6 nitrogen and oxygen atoms in total. The number of nitrogens with one attached hydrogen (secondary N) is 1. The molecule has 0 aliphatic rings. The van der Waals surface area contributed by atoms with Gasteiger partial charge in [0, 0.05) is 31.2 Å². The SMILES string of the molecule is C/C=C(\C=C/CCC)CCOc1cc(OC(C)COC)cc(-c2cc(OC)n[nH]2)c1. The molecule has 0 bridgehead atoms. The predicted octanol–water partition coefficient (Wildman–Crippen LogP) is 5.57. The topological polar surface area (TPSA) is 65.6 Å². The molecule has 0 aliphatic carbocycles. The minimum atomic E-state index is -0.0762. The number of ether oxygens (including phenoxy) is 4. The molecule has 30 heavy (non-hydrogen) atoms. The van der Waals surface area contributed by atoms with Crippen molar-refractivity contribution >= 4 is 0 Å². The van der Waals surface area contributed by atoms with Gasteiger partial charge in [0.05, 0.1) is 26.0 Å². The zero-order chi connectivity index (χ0) is 21.8. The molecule has 0 spiro atoms. The summed E-state index contributed by atoms with van der Waals surface area (Å²) in [7, 11) is 3.25. The molecule has 1 N–H and O–H groups in total. The van der Waals surface area contributed by atoms with Crippen molar-refractivity contribution in [1.82, 2.24) is 10.2 Å². The lowest BCUT2D eigenvalue weighted by molar-refractivity contribution is 0.0919. The second-order valence-corrected chi connectivity index (χ2v) is 7.05. The quantitative estimate of drug-likeness (QED) is 0.434. The fraction of sp³-hybridized carbons (Fsp3) is 0.458. The van der Waals surface area contributed by atoms with E-state index in [4.69, 9.17) is 18.9 Å². The number of nitrogens with zero attached hydrogens (tertiary/aromatic N) is 1. The van der Waals surface area contributed by atoms with Crippen LogP contribution in [-0.4, -0.2) is 43.7 Å². The summed E-state index contributed by atoms with van der Waals surface area (Å²) in [4.78, 5) is 0. The standard InChI is InChI=1S/C24H34N2O4/c1-6-8-9-10-19(7-2)11-12-29-21-13-20(23-16-24(28-5)26-25-23)14-22(15-21)30-18(3)17-27-4/h7,9-10,13-16,18H,6,8,11-12,17H2,1-5H3,(H,25,26)/b10-9-,19-7+. The fourth-order valence-electron chi connectivity index (χ4n) is 2.95. The molecule has 0 fully saturated rings. The molecule has 164 valence electrons. The van der Waals surface area contributed by atoms with Gasteiger partial charge in [-0.1, -0.05) is 31.6 Å². The Balaban J connectivity index is 2.15. The van der Waals surface area contributed by atoms with Crippen molar-refractivity contribution in [3.05, 3.63) is 48.1 Å². The summed E-state index contributed by atoms with van der Waals surface area (Å²) < 4.78 is 22.4. The van der Waals surface area contributed by atoms with Gasteiger partial charge in [-0.3, -0.25) is 5.10 Å². The zero-order valence-electron chi connectivity index (χ0n) is 18.7. The van der Waals surface area contributed by atoms with Crippen LogP contribution in [0.5, 0.6) is 17.4 Å². The number of aromatic nitrogens is 2. The van der Waals surface area contributed by atoms with Crippen molar-refractivity contribution in [2.24, 2.45) is 0 Å². The summed E-state index contributed by atoms with van der Waals surface area (Å²) in [5.74, 6) is 1.99. The summed E-state index contributed by atoms with van der Waals surface area (Å²) >= 11 is 0. The Morgan fingerprint density at radius 1 is 1.17 bits per heavy atom. The number of rotatable bonds is 13. The van der Waals surface area contributed by atoms with E-state index in [0.29, 0.717) is 19.1 Å². The van der Waals surface area contributed by atoms with Gasteiger partial charge in [-0.15, -0.1) is 5.10 Å². The number of hydrogen-bond acceptors (Lipinski definition) is 5. The van der Waals surface area contributed by atoms with Crippen LogP contribution >= 0.6 is 0 Å². The van der Waals surface area contributed by atoms with Crippen LogP contribution < -0.4 is 14.2 Å². The van der Waals surface area contributed by atoms with Crippen LogP contribution in [0.1, 0.15) is 40.0 Å². The van der Waals surface area contributed by atoms with E-state index in [2.05, 4.69) is 42.3 Å². The van der Waals surface area contributed by atoms with Gasteiger partial charge >= 0.3 is 0 Å². The van der Waals surface area contributed by atoms with Crippen molar-refractivity contribution in [3.8, 4) is 28.6 Å². The molecule has 1 unspecified atom stereocenters. The van der Waals surface area contributed by atoms with Crippen LogP contribution in [-0.2, 0) is 4.74 Å². The molecule has 0 amide bonds. The van der Waals surface area contributed by atoms with Gasteiger partial charge in [-0.2, -0.15) is 0 Å². The van der Waals surface area contributed by atoms with Crippen LogP contribution in [0.4, 0.5) is 0 Å². The Hall–Kier alpha value is -2.73. The van der Waals surface area contributed by atoms with E-state index >= 15 is 0 Å². The molecule has 6 heteroatoms. The second-order valence-electron chi connectivity index (χ2n) is 7.05. The van der Waals surface area contributed by atoms with Crippen LogP contribution in [0.25, 0.3) is 11.3 Å². The summed E-state index contributed by atoms with van der Waals surface area (Å²) in [5.41, 5.74) is 3.01. The molecule has 0 saturated heterocycles. The first-order valence-electron chi connectivity index (χ1n) is 10.4. The summed E-state index contributed by atoms with van der Waals surface area (Å²) in [6, 6.07) is 7.68. The van der Waals surface area contributed by atoms with Crippen molar-refractivity contribution in [2.45, 2.75) is 46.1 Å². The molecule has 1 aromatic heterocycles. The summed E-state index contributed by atoms with van der Waals surface area (Å²) in [5, 5.41) is 7.12. The largest absolute Gasteiger partial charge is 0.493 e. The Bertz CT molecular complexity index is 826. The highest BCUT2D eigenvalue weighted by Crippen LogP contribution is 2.31. The van der Waals surface area contributed by atoms with E-state index < -0.39 is 0 Å². The molecule has 1 aromatic carbocycles. The maximum Gasteiger partial charge on any atom is 0.232 e. The highest BCUT2D eigenvalue weighted by molar-refractivity contribution is 5.64. The lowest BCUT2D eigenvalue weighted by Gasteiger charge is -2.16. The van der Waals surface area contributed by atoms with E-state index in [-0.39, 0.29) is 6.10 Å². The first-order chi connectivity index (χ1) is 14.6. The van der Waals surface area contributed by atoms with Gasteiger partial charge in [0.15, 0.2) is 0 Å². The van der Waals surface area contributed by atoms with Crippen molar-refractivity contribution in [2.75, 3.05) is 27.4 Å². The van der Waals surface area contributed by atoms with Crippen LogP contribution in [0, 0.1) is 0 Å². The molecule has 0 saturated carbocycles. The number of methoxy groups -OCH3 is 2. The number of benzene rings is 1. The minimum absolute atomic E-state index is 0.0762. The molecule has 2 aromatic rings. The van der Waals surface area contributed by atoms with Crippen molar-refractivity contribution in [3.63, 3.8) is 0 Å². The Morgan fingerprint density at radius 3 is 2.63 bits per heavy atom. The maximum absolute atomic E-state index is 6.07. The van der Waals surface area contributed by atoms with E-state index in [0.717, 1.165) is 42.0 Å². The van der Waals surface area contributed by atoms with E-state index in [1.54, 1.807) is 14.2 Å². The number of H-pyrrole nitrogens is 1. The average Bonchev–Trinajstić information content (AvgIpc) is 3.22. The van der Waals surface area contributed by atoms with Gasteiger partial charge in [-0.25, -0.2) is 0 Å². The van der Waals surface area contributed by atoms with Gasteiger partial charge in [0.1, 0.15) is 17.6 Å². The van der Waals surface area contributed by atoms with Crippen molar-refractivity contribution < 1.29 is 18.9 Å². The summed E-state index contributed by atoms with van der Waals surface area (Å²) in [6.07, 6.45) is 9.53. The van der Waals surface area contributed by atoms with Gasteiger partial charge < -0.3 is 18.9 Å². The number of aromatic amines is 1. The molecular weight excluding hydrogens is 380 g/mol. The maximum atomic E-state index is 6.07. The second kappa shape index (κ2) is 12.8. The highest BCUT2D eigenvalue weighted by Gasteiger charge is 2.11. The van der Waals surface area contributed by atoms with Gasteiger partial charge in [-0.05, 0) is 38.0 Å². The third-order valence-corrected chi connectivity index (χ3v) is 4.51. The number of unbranched alkanes of at least 4 members (excludes halogenated alkanes) is 1. The minimum Gasteiger partial charge on any atom is -0.493 e. The molecular formula is C24H34N2O4. The lowest BCUT2D eigenvalue weighted by Crippen LogP contribution is -2.18. The highest BCUT2D eigenvalue weighted by atomic mass is 16.5. The van der Waals surface area contributed by atoms with E-state index in [1.807, 2.05) is 31.2 Å². The molecule has 0 radical (unpaired) electrons. The van der Waals surface area contributed by atoms with Gasteiger partial charge in [0.25, 0.3) is 0 Å². The number of allylic oxidation sites excluding steroid dienone is 3. The smallest absolute Gasteiger partial charge is 0.232 e. The average molecular weight is 415 g/mol. The van der Waals surface area contributed by atoms with E-state index in [1.165, 1.54) is 5.57 Å². The van der Waals surface area contributed by atoms with Crippen LogP contribution in [0.15, 0.2) is 48.1 Å². The van der Waals surface area contributed by atoms with Gasteiger partial charge in [0.2, 0.25) is 5.88 Å². The first kappa shape index (κ1) is 23.5. The zero-order valence-corrected chi connectivity index (χ0v) is 18.7. The van der Waals surface area contributed by atoms with Crippen LogP contribution in [0.3, 0.4) is 0 Å². The Morgan fingerprint density at radius 2 is 1.97 bits per heavy atom. The van der Waals surface area contributed by atoms with Crippen molar-refractivity contribution in [1.29, 1.82) is 0 Å². The van der Waals surface area contributed by atoms with Crippen LogP contribution in [0.2, 0.25) is 0 Å². The monoisotopic (exact) mass is 414 g/mol.